The van der Waals surface area contributed by atoms with Crippen LogP contribution in [-0.4, -0.2) is 52.6 Å². The average Bonchev–Trinajstić information content (AvgIpc) is 3.04. The standard InChI is InChI=1S/C27H31ClFN3O3/c1-27(2,3)35-26(34)30-24-14-20(28)8-6-19(24)7-13-25(33)32-22-11-12-23(32)17-31(16-22)15-18-4-9-21(29)10-5-18/h4-10,13-14,22-23H,11-12,15-17H2,1-3H3,(H,30,34)/b13-7+. The van der Waals surface area contributed by atoms with Crippen LogP contribution in [0.4, 0.5) is 14.9 Å². The van der Waals surface area contributed by atoms with Gasteiger partial charge in [-0.2, -0.15) is 0 Å². The van der Waals surface area contributed by atoms with Gasteiger partial charge >= 0.3 is 6.09 Å². The molecule has 0 saturated carbocycles. The number of nitrogens with one attached hydrogen (secondary N) is 1. The van der Waals surface area contributed by atoms with Crippen molar-refractivity contribution >= 4 is 35.4 Å². The monoisotopic (exact) mass is 499 g/mol. The number of amides is 2. The van der Waals surface area contributed by atoms with Gasteiger partial charge in [-0.15, -0.1) is 0 Å². The maximum absolute atomic E-state index is 13.2. The molecule has 2 aromatic rings. The number of piperazine rings is 1. The molecule has 0 radical (unpaired) electrons. The minimum atomic E-state index is -0.632. The average molecular weight is 500 g/mol. The molecule has 35 heavy (non-hydrogen) atoms. The maximum Gasteiger partial charge on any atom is 0.412 e. The van der Waals surface area contributed by atoms with Gasteiger partial charge in [-0.05, 0) is 75.1 Å². The number of ether oxygens (including phenoxy) is 1. The zero-order valence-electron chi connectivity index (χ0n) is 20.3. The molecule has 8 heteroatoms. The molecule has 2 saturated heterocycles. The van der Waals surface area contributed by atoms with E-state index in [1.165, 1.54) is 12.1 Å². The van der Waals surface area contributed by atoms with Crippen molar-refractivity contribution in [2.75, 3.05) is 18.4 Å². The van der Waals surface area contributed by atoms with Gasteiger partial charge in [-0.3, -0.25) is 15.0 Å². The van der Waals surface area contributed by atoms with Gasteiger partial charge in [0.15, 0.2) is 0 Å². The molecule has 0 aromatic heterocycles. The van der Waals surface area contributed by atoms with Crippen LogP contribution in [0, 0.1) is 5.82 Å². The number of likely N-dealkylation sites (tertiary alicyclic amines) is 1. The molecule has 2 heterocycles. The molecule has 2 atom stereocenters. The summed E-state index contributed by atoms with van der Waals surface area (Å²) in [6.07, 6.45) is 4.61. The van der Waals surface area contributed by atoms with E-state index in [1.54, 1.807) is 51.1 Å². The summed E-state index contributed by atoms with van der Waals surface area (Å²) in [5.41, 5.74) is 1.57. The predicted octanol–water partition coefficient (Wildman–Crippen LogP) is 5.71. The largest absolute Gasteiger partial charge is 0.444 e. The summed E-state index contributed by atoms with van der Waals surface area (Å²) in [6, 6.07) is 12.0. The minimum absolute atomic E-state index is 0.0444. The highest BCUT2D eigenvalue weighted by molar-refractivity contribution is 6.31. The first kappa shape index (κ1) is 25.2. The normalized spacial score (nSPS) is 20.3. The molecule has 0 spiro atoms. The molecule has 2 fully saturated rings. The number of hydrogen-bond donors (Lipinski definition) is 1. The van der Waals surface area contributed by atoms with Crippen molar-refractivity contribution in [2.45, 2.75) is 57.8 Å². The molecule has 2 amide bonds. The lowest BCUT2D eigenvalue weighted by atomic mass is 10.1. The third-order valence-electron chi connectivity index (χ3n) is 6.19. The van der Waals surface area contributed by atoms with Crippen LogP contribution in [0.25, 0.3) is 6.08 Å². The molecule has 2 aromatic carbocycles. The van der Waals surface area contributed by atoms with Gasteiger partial charge < -0.3 is 9.64 Å². The lowest BCUT2D eigenvalue weighted by Gasteiger charge is -2.40. The number of halogens is 2. The fraction of sp³-hybridized carbons (Fsp3) is 0.407. The van der Waals surface area contributed by atoms with E-state index in [1.807, 2.05) is 17.0 Å². The molecule has 2 aliphatic rings. The zero-order valence-corrected chi connectivity index (χ0v) is 21.0. The second-order valence-corrected chi connectivity index (χ2v) is 10.6. The minimum Gasteiger partial charge on any atom is -0.444 e. The Bertz CT molecular complexity index is 1100. The van der Waals surface area contributed by atoms with Gasteiger partial charge in [0.05, 0.1) is 5.69 Å². The number of nitrogens with zero attached hydrogens (tertiary/aromatic N) is 2. The number of carbonyl (C=O) groups excluding carboxylic acids is 2. The van der Waals surface area contributed by atoms with Crippen molar-refractivity contribution < 1.29 is 18.7 Å². The Labute approximate surface area is 210 Å². The zero-order chi connectivity index (χ0) is 25.2. The second kappa shape index (κ2) is 10.4. The summed E-state index contributed by atoms with van der Waals surface area (Å²) in [5, 5.41) is 3.19. The molecular weight excluding hydrogens is 469 g/mol. The third kappa shape index (κ3) is 6.61. The molecule has 0 aliphatic carbocycles. The number of fused-ring (bicyclic) bond motifs is 2. The Hall–Kier alpha value is -2.90. The maximum atomic E-state index is 13.2. The summed E-state index contributed by atoms with van der Waals surface area (Å²) in [7, 11) is 0. The number of anilines is 1. The van der Waals surface area contributed by atoms with E-state index in [-0.39, 0.29) is 23.8 Å². The van der Waals surface area contributed by atoms with Crippen LogP contribution in [0.3, 0.4) is 0 Å². The van der Waals surface area contributed by atoms with E-state index in [0.717, 1.165) is 38.0 Å². The quantitative estimate of drug-likeness (QED) is 0.535. The van der Waals surface area contributed by atoms with Crippen molar-refractivity contribution in [2.24, 2.45) is 0 Å². The third-order valence-corrected chi connectivity index (χ3v) is 6.42. The Kier molecular flexibility index (Phi) is 7.47. The number of benzene rings is 2. The summed E-state index contributed by atoms with van der Waals surface area (Å²) >= 11 is 6.13. The Morgan fingerprint density at radius 1 is 1.11 bits per heavy atom. The molecule has 1 N–H and O–H groups in total. The molecule has 2 unspecified atom stereocenters. The molecule has 2 bridgehead atoms. The Morgan fingerprint density at radius 2 is 1.77 bits per heavy atom. The van der Waals surface area contributed by atoms with Gasteiger partial charge in [-0.25, -0.2) is 9.18 Å². The van der Waals surface area contributed by atoms with Gasteiger partial charge in [0.25, 0.3) is 0 Å². The van der Waals surface area contributed by atoms with Crippen molar-refractivity contribution in [3.63, 3.8) is 0 Å². The Balaban J connectivity index is 1.41. The van der Waals surface area contributed by atoms with Crippen LogP contribution in [-0.2, 0) is 16.1 Å². The van der Waals surface area contributed by atoms with Gasteiger partial charge in [0.2, 0.25) is 5.91 Å². The predicted molar refractivity (Wildman–Crippen MR) is 136 cm³/mol. The first-order valence-corrected chi connectivity index (χ1v) is 12.2. The van der Waals surface area contributed by atoms with E-state index in [4.69, 9.17) is 16.3 Å². The molecule has 186 valence electrons. The van der Waals surface area contributed by atoms with Crippen LogP contribution in [0.1, 0.15) is 44.7 Å². The summed E-state index contributed by atoms with van der Waals surface area (Å²) in [6.45, 7) is 7.70. The lowest BCUT2D eigenvalue weighted by molar-refractivity contribution is -0.131. The van der Waals surface area contributed by atoms with E-state index < -0.39 is 11.7 Å². The number of hydrogen-bond acceptors (Lipinski definition) is 4. The van der Waals surface area contributed by atoms with Gasteiger partial charge in [-0.1, -0.05) is 29.8 Å². The summed E-state index contributed by atoms with van der Waals surface area (Å²) in [5.74, 6) is -0.279. The van der Waals surface area contributed by atoms with E-state index in [2.05, 4.69) is 10.2 Å². The van der Waals surface area contributed by atoms with Crippen molar-refractivity contribution in [3.8, 4) is 0 Å². The van der Waals surface area contributed by atoms with Crippen molar-refractivity contribution in [3.05, 3.63) is 70.5 Å². The van der Waals surface area contributed by atoms with Crippen molar-refractivity contribution in [1.29, 1.82) is 0 Å². The highest BCUT2D eigenvalue weighted by Crippen LogP contribution is 2.32. The van der Waals surface area contributed by atoms with E-state index in [9.17, 15) is 14.0 Å². The highest BCUT2D eigenvalue weighted by atomic mass is 35.5. The van der Waals surface area contributed by atoms with Crippen LogP contribution >= 0.6 is 11.6 Å². The molecule has 6 nitrogen and oxygen atoms in total. The second-order valence-electron chi connectivity index (χ2n) is 10.1. The molecule has 2 aliphatic heterocycles. The SMILES string of the molecule is CC(C)(C)OC(=O)Nc1cc(Cl)ccc1/C=C/C(=O)N1C2CCC1CN(Cc1ccc(F)cc1)C2. The number of rotatable bonds is 5. The van der Waals surface area contributed by atoms with Crippen LogP contribution in [0.15, 0.2) is 48.5 Å². The fourth-order valence-corrected chi connectivity index (χ4v) is 4.94. The molecule has 4 rings (SSSR count). The number of carbonyl (C=O) groups is 2. The molecular formula is C27H31ClFN3O3. The first-order valence-electron chi connectivity index (χ1n) is 11.8. The van der Waals surface area contributed by atoms with Crippen LogP contribution < -0.4 is 5.32 Å². The van der Waals surface area contributed by atoms with Crippen LogP contribution in [0.2, 0.25) is 5.02 Å². The van der Waals surface area contributed by atoms with Gasteiger partial charge in [0, 0.05) is 42.8 Å². The first-order chi connectivity index (χ1) is 16.6. The van der Waals surface area contributed by atoms with Crippen LogP contribution in [0.5, 0.6) is 0 Å². The van der Waals surface area contributed by atoms with Crippen molar-refractivity contribution in [1.82, 2.24) is 9.80 Å². The fourth-order valence-electron chi connectivity index (χ4n) is 4.77. The summed E-state index contributed by atoms with van der Waals surface area (Å²) in [4.78, 5) is 29.7. The lowest BCUT2D eigenvalue weighted by Crippen LogP contribution is -2.55. The Morgan fingerprint density at radius 3 is 2.40 bits per heavy atom. The highest BCUT2D eigenvalue weighted by Gasteiger charge is 2.41. The van der Waals surface area contributed by atoms with Gasteiger partial charge in [0.1, 0.15) is 11.4 Å². The van der Waals surface area contributed by atoms with E-state index in [0.29, 0.717) is 16.3 Å². The summed E-state index contributed by atoms with van der Waals surface area (Å²) < 4.78 is 18.5. The topological polar surface area (TPSA) is 61.9 Å². The smallest absolute Gasteiger partial charge is 0.412 e. The van der Waals surface area contributed by atoms with E-state index >= 15 is 0 Å².